The van der Waals surface area contributed by atoms with Crippen LogP contribution in [0.3, 0.4) is 0 Å². The lowest BCUT2D eigenvalue weighted by atomic mass is 9.98. The summed E-state index contributed by atoms with van der Waals surface area (Å²) in [6, 6.07) is 11.9. The van der Waals surface area contributed by atoms with Crippen LogP contribution in [0.4, 0.5) is 0 Å². The molecule has 1 saturated carbocycles. The molecule has 0 saturated heterocycles. The molecule has 1 atom stereocenters. The molecular formula is C67H84N6O10S15. The number of ether oxygens (including phenoxy) is 5. The van der Waals surface area contributed by atoms with E-state index >= 15 is 0 Å². The quantitative estimate of drug-likeness (QED) is 0.0691. The van der Waals surface area contributed by atoms with Gasteiger partial charge >= 0.3 is 0 Å². The number of aromatic nitrogens is 6. The van der Waals surface area contributed by atoms with Gasteiger partial charge in [-0.3, -0.25) is 0 Å². The van der Waals surface area contributed by atoms with Gasteiger partial charge in [-0.2, -0.15) is 21.0 Å². The number of unbranched alkanes of at least 4 members (excludes halogenated alkanes) is 4. The van der Waals surface area contributed by atoms with Gasteiger partial charge in [-0.15, -0.1) is 56.7 Å². The Morgan fingerprint density at radius 3 is 1.22 bits per heavy atom. The summed E-state index contributed by atoms with van der Waals surface area (Å²) in [5, 5.41) is 4.00. The molecule has 0 aliphatic heterocycles. The number of thiazole rings is 5. The van der Waals surface area contributed by atoms with Crippen molar-refractivity contribution in [3.8, 4) is 37.6 Å². The van der Waals surface area contributed by atoms with Crippen LogP contribution >= 0.6 is 113 Å². The molecule has 1 aliphatic rings. The van der Waals surface area contributed by atoms with Crippen molar-refractivity contribution >= 4 is 227 Å². The van der Waals surface area contributed by atoms with Crippen molar-refractivity contribution < 1.29 is 44.7 Å². The predicted molar refractivity (Wildman–Crippen MR) is 428 cm³/mol. The van der Waals surface area contributed by atoms with E-state index in [0.29, 0.717) is 12.0 Å². The van der Waals surface area contributed by atoms with Crippen LogP contribution in [-0.4, -0.2) is 69.8 Å². The topological polar surface area (TPSA) is 201 Å². The first-order valence-electron chi connectivity index (χ1n) is 31.5. The summed E-state index contributed by atoms with van der Waals surface area (Å²) in [4.78, 5) is 36.1. The minimum atomic E-state index is 0.406. The molecule has 0 radical (unpaired) electrons. The van der Waals surface area contributed by atoms with Gasteiger partial charge in [-0.1, -0.05) is 140 Å². The van der Waals surface area contributed by atoms with E-state index in [4.69, 9.17) is 44.7 Å². The van der Waals surface area contributed by atoms with E-state index in [1.165, 1.54) is 155 Å². The number of thiophene rings is 5. The Bertz CT molecular complexity index is 4070. The second-order valence-electron chi connectivity index (χ2n) is 22.3. The Hall–Kier alpha value is -4.45. The highest BCUT2D eigenvalue weighted by Crippen LogP contribution is 2.43. The minimum absolute atomic E-state index is 0.406. The molecule has 1 fully saturated rings. The fourth-order valence-corrected chi connectivity index (χ4v) is 20.7. The van der Waals surface area contributed by atoms with E-state index in [9.17, 15) is 0 Å². The summed E-state index contributed by atoms with van der Waals surface area (Å²) < 4.78 is 76.8. The summed E-state index contributed by atoms with van der Waals surface area (Å²) in [6.07, 6.45) is 18.7. The maximum absolute atomic E-state index is 7.83. The zero-order valence-corrected chi connectivity index (χ0v) is 69.9. The van der Waals surface area contributed by atoms with Crippen LogP contribution in [0, 0.1) is 82.1 Å². The molecule has 0 amide bonds. The number of hydrogen-bond donors (Lipinski definition) is 0. The van der Waals surface area contributed by atoms with Gasteiger partial charge < -0.3 is 28.3 Å². The fraction of sp³-hybridized carbons (Fsp3) is 0.478. The molecule has 31 heteroatoms. The lowest BCUT2D eigenvalue weighted by Crippen LogP contribution is -2.19. The number of rotatable bonds is 19. The van der Waals surface area contributed by atoms with E-state index in [-0.39, 0.29) is 0 Å². The van der Waals surface area contributed by atoms with Crippen LogP contribution in [-0.2, 0) is 69.7 Å². The first kappa shape index (κ1) is 86.0. The van der Waals surface area contributed by atoms with Crippen molar-refractivity contribution in [3.05, 3.63) is 96.9 Å². The molecule has 0 N–H and O–H groups in total. The van der Waals surface area contributed by atoms with Crippen LogP contribution in [0.2, 0.25) is 0 Å². The van der Waals surface area contributed by atoms with Gasteiger partial charge in [-0.25, -0.2) is 24.9 Å². The third-order valence-electron chi connectivity index (χ3n) is 15.2. The van der Waals surface area contributed by atoms with Gasteiger partial charge in [0, 0.05) is 68.1 Å². The lowest BCUT2D eigenvalue weighted by molar-refractivity contribution is 0.155. The third-order valence-corrected chi connectivity index (χ3v) is 26.2. The predicted octanol–water partition coefficient (Wildman–Crippen LogP) is 22.7. The average molecular weight is 1610 g/mol. The molecule has 13 rings (SSSR count). The zero-order chi connectivity index (χ0) is 72.6. The number of nitrogens with zero attached hydrogens (tertiary/aromatic N) is 6. The molecule has 11 heterocycles. The van der Waals surface area contributed by atoms with Gasteiger partial charge in [0.1, 0.15) is 11.9 Å². The first-order chi connectivity index (χ1) is 47.4. The highest BCUT2D eigenvalue weighted by Gasteiger charge is 2.21. The molecule has 98 heavy (non-hydrogen) atoms. The Morgan fingerprint density at radius 1 is 0.439 bits per heavy atom. The number of hydrogen-bond acceptors (Lipinski definition) is 30. The molecule has 0 bridgehead atoms. The minimum Gasteiger partial charge on any atom is -0.470 e. The van der Waals surface area contributed by atoms with E-state index in [1.54, 1.807) is 79.4 Å². The van der Waals surface area contributed by atoms with Gasteiger partial charge in [0.15, 0.2) is 62.7 Å². The lowest BCUT2D eigenvalue weighted by Gasteiger charge is -2.21. The number of benzene rings is 1. The van der Waals surface area contributed by atoms with Crippen molar-refractivity contribution in [3.63, 3.8) is 0 Å². The summed E-state index contributed by atoms with van der Waals surface area (Å²) in [5.74, 6) is 2.33. The molecule has 532 valence electrons. The van der Waals surface area contributed by atoms with Crippen molar-refractivity contribution in [2.24, 2.45) is 13.0 Å². The Morgan fingerprint density at radius 2 is 0.827 bits per heavy atom. The van der Waals surface area contributed by atoms with E-state index < -0.39 is 0 Å². The van der Waals surface area contributed by atoms with Crippen molar-refractivity contribution in [1.29, 1.82) is 0 Å². The second-order valence-corrected chi connectivity index (χ2v) is 34.3. The van der Waals surface area contributed by atoms with Gasteiger partial charge in [-0.05, 0) is 139 Å². The van der Waals surface area contributed by atoms with Crippen LogP contribution in [0.25, 0.3) is 51.1 Å². The maximum Gasteiger partial charge on any atom is 0.281 e. The number of fused-ring (bicyclic) bond motifs is 5. The summed E-state index contributed by atoms with van der Waals surface area (Å²) >= 11 is 31.6. The molecule has 1 unspecified atom stereocenters. The summed E-state index contributed by atoms with van der Waals surface area (Å²) in [5.41, 5.74) is 6.84. The Labute approximate surface area is 642 Å². The normalized spacial score (nSPS) is 11.7. The largest absolute Gasteiger partial charge is 0.470 e. The van der Waals surface area contributed by atoms with Crippen LogP contribution < -0.4 is 23.7 Å². The average Bonchev–Trinajstić information content (AvgIpc) is 1.66. The third kappa shape index (κ3) is 24.9. The van der Waals surface area contributed by atoms with E-state index in [1.807, 2.05) is 88.2 Å². The molecule has 11 aromatic heterocycles. The smallest absolute Gasteiger partial charge is 0.281 e. The van der Waals surface area contributed by atoms with Crippen LogP contribution in [0.5, 0.6) is 37.6 Å². The highest BCUT2D eigenvalue weighted by atomic mass is 32.1. The van der Waals surface area contributed by atoms with E-state index in [0.717, 1.165) is 84.8 Å². The van der Waals surface area contributed by atoms with Gasteiger partial charge in [0.25, 0.3) is 26.0 Å². The van der Waals surface area contributed by atoms with Gasteiger partial charge in [0.2, 0.25) is 5.88 Å². The molecule has 0 spiro atoms. The van der Waals surface area contributed by atoms with Crippen molar-refractivity contribution in [2.45, 2.75) is 187 Å². The van der Waals surface area contributed by atoms with Crippen molar-refractivity contribution in [2.75, 3.05) is 13.2 Å². The molecule has 12 aromatic rings. The second kappa shape index (κ2) is 45.5. The standard InChI is InChI=1S/C15H23NOS2.C14H13NOS2.C13H17NOS2.C13H19NOS2.C12H12N2OS2.5OS/c1-5-7-8-12(6-2)9-17-15-16-13-10(3)18-11(4)14(13)19-15;1-8-4-6-11(7-5-8)16-14-15-12-9(2)17-10(3)13(12)18-14;1-8-11-12(9(2)16-8)17-13(14-11)15-10-6-4-3-5-7-10;1-4-5-6-7-8-15-13-14-11-9(2)16-10(3)12(11)17-13;1-7-10-11(8(2)16-7)17-12(13-10)15-9-5-4-6-14(9)3;5*1-2/h12H,5-9H2,1-4H3;4-7H,1-3H3;10H,3-7H2,1-2H3;4-8H2,1-3H3;4-6H,1-3H3;;;;;. The monoisotopic (exact) mass is 1610 g/mol. The molecule has 16 nitrogen and oxygen atoms in total. The number of aryl methyl sites for hydroxylation is 12. The zero-order valence-electron chi connectivity index (χ0n) is 57.7. The van der Waals surface area contributed by atoms with Crippen LogP contribution in [0.1, 0.15) is 159 Å². The first-order valence-corrected chi connectivity index (χ1v) is 41.3. The maximum atomic E-state index is 7.83. The highest BCUT2D eigenvalue weighted by molar-refractivity contribution is 7.45. The Balaban J connectivity index is 0.000000252. The molecule has 1 aliphatic carbocycles. The van der Waals surface area contributed by atoms with Gasteiger partial charge in [0.05, 0.1) is 64.3 Å². The summed E-state index contributed by atoms with van der Waals surface area (Å²) in [7, 11) is 1.96. The summed E-state index contributed by atoms with van der Waals surface area (Å²) in [6.45, 7) is 31.8. The Kier molecular flexibility index (Phi) is 39.9. The molecular weight excluding hydrogens is 1530 g/mol. The molecule has 1 aromatic carbocycles. The van der Waals surface area contributed by atoms with Crippen LogP contribution in [0.15, 0.2) is 42.6 Å². The fourth-order valence-electron chi connectivity index (χ4n) is 10.2. The SMILES string of the molecule is CCCCC(CC)COc1nc2c(C)sc(C)c2s1.CCCCCCOc1nc2c(C)sc(C)c2s1.Cc1ccc(Oc2nc3c(C)sc(C)c3s2)cc1.Cc1sc(C)c2sc(OC3CCCCC3)nc12.Cc1sc(C)c2sc(Oc3cccn3C)nc12.O=S.O=S.O=S.O=S.O=S. The van der Waals surface area contributed by atoms with E-state index in [2.05, 4.69) is 185 Å². The van der Waals surface area contributed by atoms with Crippen molar-refractivity contribution in [1.82, 2.24) is 29.5 Å².